The molecular weight excluding hydrogens is 276 g/mol. The zero-order valence-corrected chi connectivity index (χ0v) is 13.6. The molecule has 1 aromatic carbocycles. The van der Waals surface area contributed by atoms with Crippen molar-refractivity contribution in [2.75, 3.05) is 7.11 Å². The predicted octanol–water partition coefficient (Wildman–Crippen LogP) is 3.38. The summed E-state index contributed by atoms with van der Waals surface area (Å²) in [4.78, 5) is 0. The summed E-state index contributed by atoms with van der Waals surface area (Å²) in [6.07, 6.45) is 6.18. The summed E-state index contributed by atoms with van der Waals surface area (Å²) < 4.78 is 7.29. The molecular formula is C17H26N4O. The molecule has 120 valence electrons. The van der Waals surface area contributed by atoms with Crippen LogP contribution in [0.15, 0.2) is 24.3 Å². The number of aryl methyl sites for hydroxylation is 1. The second-order valence-electron chi connectivity index (χ2n) is 5.46. The molecule has 1 heterocycles. The van der Waals surface area contributed by atoms with Gasteiger partial charge in [-0.05, 0) is 18.6 Å². The summed E-state index contributed by atoms with van der Waals surface area (Å²) in [5.74, 6) is 0.830. The molecule has 2 rings (SSSR count). The van der Waals surface area contributed by atoms with Gasteiger partial charge in [0.25, 0.3) is 0 Å². The maximum atomic E-state index is 5.82. The van der Waals surface area contributed by atoms with Gasteiger partial charge in [0, 0.05) is 18.7 Å². The fraction of sp³-hybridized carbons (Fsp3) is 0.529. The third-order valence-corrected chi connectivity index (χ3v) is 3.81. The summed E-state index contributed by atoms with van der Waals surface area (Å²) in [5.41, 5.74) is 8.72. The Hall–Kier alpha value is -1.88. The van der Waals surface area contributed by atoms with Gasteiger partial charge in [-0.3, -0.25) is 0 Å². The molecule has 1 aromatic heterocycles. The Morgan fingerprint density at radius 2 is 2.00 bits per heavy atom. The first-order valence-corrected chi connectivity index (χ1v) is 8.07. The smallest absolute Gasteiger partial charge is 0.119 e. The molecule has 0 radical (unpaired) electrons. The van der Waals surface area contributed by atoms with Crippen LogP contribution in [0.4, 0.5) is 0 Å². The first-order valence-electron chi connectivity index (χ1n) is 8.07. The van der Waals surface area contributed by atoms with Crippen LogP contribution in [0.25, 0.3) is 11.3 Å². The Kier molecular flexibility index (Phi) is 6.40. The number of benzene rings is 1. The van der Waals surface area contributed by atoms with Gasteiger partial charge in [-0.1, -0.05) is 50.0 Å². The lowest BCUT2D eigenvalue weighted by atomic mass is 10.1. The van der Waals surface area contributed by atoms with Crippen molar-refractivity contribution in [1.29, 1.82) is 0 Å². The van der Waals surface area contributed by atoms with Gasteiger partial charge in [0.05, 0.1) is 12.8 Å². The number of ether oxygens (including phenoxy) is 1. The molecule has 2 aromatic rings. The summed E-state index contributed by atoms with van der Waals surface area (Å²) >= 11 is 0. The fourth-order valence-corrected chi connectivity index (χ4v) is 2.59. The van der Waals surface area contributed by atoms with Crippen LogP contribution in [0.2, 0.25) is 0 Å². The van der Waals surface area contributed by atoms with Crippen LogP contribution in [0.3, 0.4) is 0 Å². The second-order valence-corrected chi connectivity index (χ2v) is 5.46. The molecule has 0 aliphatic heterocycles. The molecule has 0 aliphatic rings. The number of rotatable bonds is 9. The molecule has 5 heteroatoms. The van der Waals surface area contributed by atoms with Gasteiger partial charge in [-0.25, -0.2) is 4.68 Å². The zero-order valence-electron chi connectivity index (χ0n) is 13.6. The van der Waals surface area contributed by atoms with Crippen LogP contribution in [0.5, 0.6) is 5.75 Å². The van der Waals surface area contributed by atoms with E-state index in [2.05, 4.69) is 17.2 Å². The van der Waals surface area contributed by atoms with Crippen molar-refractivity contribution in [3.05, 3.63) is 30.0 Å². The van der Waals surface area contributed by atoms with Crippen molar-refractivity contribution in [2.24, 2.45) is 5.73 Å². The van der Waals surface area contributed by atoms with Crippen LogP contribution >= 0.6 is 0 Å². The van der Waals surface area contributed by atoms with E-state index in [0.717, 1.165) is 35.7 Å². The van der Waals surface area contributed by atoms with Crippen LogP contribution in [0.1, 0.15) is 44.7 Å². The first-order chi connectivity index (χ1) is 10.8. The highest BCUT2D eigenvalue weighted by atomic mass is 16.5. The van der Waals surface area contributed by atoms with Crippen molar-refractivity contribution in [3.8, 4) is 17.0 Å². The van der Waals surface area contributed by atoms with Crippen LogP contribution < -0.4 is 10.5 Å². The topological polar surface area (TPSA) is 66.0 Å². The van der Waals surface area contributed by atoms with Crippen LogP contribution in [0, 0.1) is 0 Å². The van der Waals surface area contributed by atoms with E-state index in [0.29, 0.717) is 6.54 Å². The van der Waals surface area contributed by atoms with Crippen LogP contribution in [-0.2, 0) is 13.1 Å². The number of hydrogen-bond donors (Lipinski definition) is 1. The van der Waals surface area contributed by atoms with E-state index in [4.69, 9.17) is 10.5 Å². The second kappa shape index (κ2) is 8.54. The molecule has 22 heavy (non-hydrogen) atoms. The number of hydrogen-bond acceptors (Lipinski definition) is 4. The molecule has 0 fully saturated rings. The standard InChI is InChI=1S/C17H26N4O/c1-3-4-5-6-7-11-21-17(16(13-18)19-20-21)14-9-8-10-15(12-14)22-2/h8-10,12H,3-7,11,13,18H2,1-2H3. The maximum absolute atomic E-state index is 5.82. The fourth-order valence-electron chi connectivity index (χ4n) is 2.59. The highest BCUT2D eigenvalue weighted by molar-refractivity contribution is 5.63. The summed E-state index contributed by atoms with van der Waals surface area (Å²) in [5, 5.41) is 8.51. The highest BCUT2D eigenvalue weighted by Crippen LogP contribution is 2.26. The minimum atomic E-state index is 0.391. The molecule has 0 spiro atoms. The summed E-state index contributed by atoms with van der Waals surface area (Å²) in [7, 11) is 1.67. The van der Waals surface area contributed by atoms with Crippen molar-refractivity contribution in [1.82, 2.24) is 15.0 Å². The van der Waals surface area contributed by atoms with Gasteiger partial charge in [-0.2, -0.15) is 0 Å². The molecule has 0 bridgehead atoms. The Labute approximate surface area is 132 Å². The average molecular weight is 302 g/mol. The SMILES string of the molecule is CCCCCCCn1nnc(CN)c1-c1cccc(OC)c1. The van der Waals surface area contributed by atoms with Crippen LogP contribution in [-0.4, -0.2) is 22.1 Å². The number of aromatic nitrogens is 3. The quantitative estimate of drug-likeness (QED) is 0.721. The van der Waals surface area contributed by atoms with Gasteiger partial charge < -0.3 is 10.5 Å². The Morgan fingerprint density at radius 3 is 2.73 bits per heavy atom. The monoisotopic (exact) mass is 302 g/mol. The number of nitrogens with zero attached hydrogens (tertiary/aromatic N) is 3. The minimum Gasteiger partial charge on any atom is -0.497 e. The van der Waals surface area contributed by atoms with E-state index in [1.165, 1.54) is 25.7 Å². The molecule has 2 N–H and O–H groups in total. The van der Waals surface area contributed by atoms with E-state index in [1.54, 1.807) is 7.11 Å². The molecule has 0 aliphatic carbocycles. The third-order valence-electron chi connectivity index (χ3n) is 3.81. The van der Waals surface area contributed by atoms with E-state index >= 15 is 0 Å². The zero-order chi connectivity index (χ0) is 15.8. The van der Waals surface area contributed by atoms with Gasteiger partial charge in [0.1, 0.15) is 11.4 Å². The van der Waals surface area contributed by atoms with Crippen molar-refractivity contribution < 1.29 is 4.74 Å². The molecule has 0 atom stereocenters. The predicted molar refractivity (Wildman–Crippen MR) is 88.7 cm³/mol. The van der Waals surface area contributed by atoms with Gasteiger partial charge in [0.2, 0.25) is 0 Å². The minimum absolute atomic E-state index is 0.391. The van der Waals surface area contributed by atoms with E-state index in [1.807, 2.05) is 28.9 Å². The van der Waals surface area contributed by atoms with E-state index in [-0.39, 0.29) is 0 Å². The lowest BCUT2D eigenvalue weighted by Crippen LogP contribution is -2.05. The Balaban J connectivity index is 2.16. The average Bonchev–Trinajstić information content (AvgIpc) is 2.97. The Morgan fingerprint density at radius 1 is 1.18 bits per heavy atom. The molecule has 0 saturated carbocycles. The highest BCUT2D eigenvalue weighted by Gasteiger charge is 2.14. The van der Waals surface area contributed by atoms with Crippen molar-refractivity contribution in [2.45, 2.75) is 52.1 Å². The maximum Gasteiger partial charge on any atom is 0.119 e. The Bertz CT molecular complexity index is 580. The van der Waals surface area contributed by atoms with Crippen molar-refractivity contribution in [3.63, 3.8) is 0 Å². The van der Waals surface area contributed by atoms with Crippen molar-refractivity contribution >= 4 is 0 Å². The van der Waals surface area contributed by atoms with Gasteiger partial charge >= 0.3 is 0 Å². The molecule has 0 amide bonds. The van der Waals surface area contributed by atoms with E-state index < -0.39 is 0 Å². The summed E-state index contributed by atoms with van der Waals surface area (Å²) in [6, 6.07) is 7.97. The van der Waals surface area contributed by atoms with Gasteiger partial charge in [-0.15, -0.1) is 5.10 Å². The number of nitrogens with two attached hydrogens (primary N) is 1. The molecule has 0 unspecified atom stereocenters. The number of unbranched alkanes of at least 4 members (excludes halogenated alkanes) is 4. The first kappa shape index (κ1) is 16.5. The lowest BCUT2D eigenvalue weighted by molar-refractivity contribution is 0.415. The molecule has 0 saturated heterocycles. The lowest BCUT2D eigenvalue weighted by Gasteiger charge is -2.09. The summed E-state index contributed by atoms with van der Waals surface area (Å²) in [6.45, 7) is 3.50. The molecule has 5 nitrogen and oxygen atoms in total. The normalized spacial score (nSPS) is 10.9. The third kappa shape index (κ3) is 4.07. The number of methoxy groups -OCH3 is 1. The van der Waals surface area contributed by atoms with Gasteiger partial charge in [0.15, 0.2) is 0 Å². The van der Waals surface area contributed by atoms with E-state index in [9.17, 15) is 0 Å². The largest absolute Gasteiger partial charge is 0.497 e.